The van der Waals surface area contributed by atoms with Gasteiger partial charge in [-0.15, -0.1) is 0 Å². The molecule has 4 heterocycles. The standard InChI is InChI=1S/C29H24N4O2/c1-14-21-22-17-9-5-7-11-19(17)33-20-12-15(13-29(20,2)28(35)30-3)32-18-10-6-4-8-16(18)23(25(32)26(22)33)24(21)27(34)31-14/h4-11,15,20H,1,12-13H2,2-3H3,(H,30,35)(H,31,34)/t15?,20?,29-/m0/s1. The largest absolute Gasteiger partial charge is 0.359 e. The van der Waals surface area contributed by atoms with E-state index in [0.29, 0.717) is 5.70 Å². The molecule has 2 amide bonds. The van der Waals surface area contributed by atoms with Crippen LogP contribution in [0.4, 0.5) is 0 Å². The first-order valence-electron chi connectivity index (χ1n) is 12.2. The molecule has 3 aromatic carbocycles. The number of nitrogens with one attached hydrogen (secondary N) is 2. The zero-order valence-corrected chi connectivity index (χ0v) is 19.6. The van der Waals surface area contributed by atoms with Crippen molar-refractivity contribution in [2.75, 3.05) is 7.05 Å². The Kier molecular flexibility index (Phi) is 3.27. The number of hydrogen-bond acceptors (Lipinski definition) is 2. The van der Waals surface area contributed by atoms with Gasteiger partial charge in [-0.05, 0) is 31.9 Å². The molecule has 6 nitrogen and oxygen atoms in total. The summed E-state index contributed by atoms with van der Waals surface area (Å²) >= 11 is 0. The van der Waals surface area contributed by atoms with Gasteiger partial charge in [0.1, 0.15) is 0 Å². The van der Waals surface area contributed by atoms with Gasteiger partial charge in [-0.25, -0.2) is 0 Å². The van der Waals surface area contributed by atoms with Crippen LogP contribution in [0.1, 0.15) is 47.8 Å². The van der Waals surface area contributed by atoms with Crippen molar-refractivity contribution in [1.29, 1.82) is 0 Å². The number of benzene rings is 3. The fourth-order valence-electron chi connectivity index (χ4n) is 7.59. The number of carbonyl (C=O) groups excluding carboxylic acids is 2. The Hall–Kier alpha value is -4.06. The molecule has 1 fully saturated rings. The van der Waals surface area contributed by atoms with Crippen LogP contribution < -0.4 is 10.6 Å². The van der Waals surface area contributed by atoms with Crippen LogP contribution in [0.2, 0.25) is 0 Å². The van der Waals surface area contributed by atoms with Gasteiger partial charge in [0.2, 0.25) is 5.91 Å². The Morgan fingerprint density at radius 1 is 1.00 bits per heavy atom. The van der Waals surface area contributed by atoms with Crippen LogP contribution in [0.25, 0.3) is 49.3 Å². The minimum Gasteiger partial charge on any atom is -0.359 e. The van der Waals surface area contributed by atoms with Crippen molar-refractivity contribution in [3.8, 4) is 0 Å². The second-order valence-corrected chi connectivity index (χ2v) is 10.5. The molecule has 1 aliphatic carbocycles. The van der Waals surface area contributed by atoms with E-state index >= 15 is 0 Å². The highest BCUT2D eigenvalue weighted by Crippen LogP contribution is 2.59. The highest BCUT2D eigenvalue weighted by molar-refractivity contribution is 6.34. The van der Waals surface area contributed by atoms with E-state index in [4.69, 9.17) is 0 Å². The zero-order chi connectivity index (χ0) is 23.8. The van der Waals surface area contributed by atoms with E-state index < -0.39 is 5.41 Å². The van der Waals surface area contributed by atoms with Crippen molar-refractivity contribution >= 4 is 61.1 Å². The van der Waals surface area contributed by atoms with Crippen molar-refractivity contribution < 1.29 is 9.59 Å². The minimum atomic E-state index is -0.562. The molecule has 2 unspecified atom stereocenters. The molecule has 0 spiro atoms. The second kappa shape index (κ2) is 5.95. The van der Waals surface area contributed by atoms with Crippen LogP contribution in [-0.2, 0) is 4.79 Å². The summed E-state index contributed by atoms with van der Waals surface area (Å²) in [6, 6.07) is 16.9. The lowest BCUT2D eigenvalue weighted by Crippen LogP contribution is -2.40. The van der Waals surface area contributed by atoms with Gasteiger partial charge in [0.15, 0.2) is 0 Å². The number of carbonyl (C=O) groups is 2. The summed E-state index contributed by atoms with van der Waals surface area (Å²) in [4.78, 5) is 26.8. The van der Waals surface area contributed by atoms with Crippen molar-refractivity contribution in [1.82, 2.24) is 19.8 Å². The smallest absolute Gasteiger partial charge is 0.257 e. The highest BCUT2D eigenvalue weighted by atomic mass is 16.2. The Bertz CT molecular complexity index is 1860. The number of amides is 2. The number of fused-ring (bicyclic) bond motifs is 13. The third kappa shape index (κ3) is 1.97. The molecule has 6 heteroatoms. The third-order valence-corrected chi connectivity index (χ3v) is 8.90. The zero-order valence-electron chi connectivity index (χ0n) is 19.6. The maximum atomic E-state index is 13.4. The number of para-hydroxylation sites is 2. The molecule has 1 saturated carbocycles. The molecular formula is C29H24N4O2. The van der Waals surface area contributed by atoms with E-state index in [-0.39, 0.29) is 23.9 Å². The molecule has 8 rings (SSSR count). The summed E-state index contributed by atoms with van der Waals surface area (Å²) in [5.41, 5.74) is 6.14. The number of hydrogen-bond donors (Lipinski definition) is 2. The van der Waals surface area contributed by atoms with Crippen LogP contribution in [0, 0.1) is 5.41 Å². The lowest BCUT2D eigenvalue weighted by molar-refractivity contribution is -0.131. The first kappa shape index (κ1) is 19.3. The lowest BCUT2D eigenvalue weighted by Gasteiger charge is -2.32. The summed E-state index contributed by atoms with van der Waals surface area (Å²) in [6.45, 7) is 6.37. The summed E-state index contributed by atoms with van der Waals surface area (Å²) in [7, 11) is 1.73. The number of nitrogens with zero attached hydrogens (tertiary/aromatic N) is 2. The maximum absolute atomic E-state index is 13.4. The quantitative estimate of drug-likeness (QED) is 0.358. The lowest BCUT2D eigenvalue weighted by atomic mass is 9.83. The van der Waals surface area contributed by atoms with E-state index in [1.54, 1.807) is 7.05 Å². The predicted molar refractivity (Wildman–Crippen MR) is 138 cm³/mol. The van der Waals surface area contributed by atoms with E-state index in [2.05, 4.69) is 69.7 Å². The van der Waals surface area contributed by atoms with Crippen LogP contribution in [0.15, 0.2) is 55.1 Å². The second-order valence-electron chi connectivity index (χ2n) is 10.5. The predicted octanol–water partition coefficient (Wildman–Crippen LogP) is 5.26. The van der Waals surface area contributed by atoms with Crippen molar-refractivity contribution in [3.05, 3.63) is 66.2 Å². The Morgan fingerprint density at radius 2 is 1.60 bits per heavy atom. The van der Waals surface area contributed by atoms with Gasteiger partial charge in [-0.3, -0.25) is 9.59 Å². The molecule has 35 heavy (non-hydrogen) atoms. The molecule has 2 aromatic heterocycles. The average Bonchev–Trinajstić information content (AvgIpc) is 3.53. The van der Waals surface area contributed by atoms with E-state index in [1.807, 2.05) is 12.1 Å². The molecule has 2 bridgehead atoms. The number of rotatable bonds is 1. The van der Waals surface area contributed by atoms with Gasteiger partial charge < -0.3 is 19.8 Å². The van der Waals surface area contributed by atoms with Crippen LogP contribution in [-0.4, -0.2) is 28.0 Å². The molecule has 3 atom stereocenters. The van der Waals surface area contributed by atoms with E-state index in [0.717, 1.165) is 67.6 Å². The van der Waals surface area contributed by atoms with Crippen LogP contribution in [0.5, 0.6) is 0 Å². The van der Waals surface area contributed by atoms with Gasteiger partial charge in [0.25, 0.3) is 5.91 Å². The minimum absolute atomic E-state index is 0.00640. The molecule has 172 valence electrons. The normalized spacial score (nSPS) is 24.6. The molecule has 2 N–H and O–H groups in total. The van der Waals surface area contributed by atoms with Gasteiger partial charge >= 0.3 is 0 Å². The Labute approximate surface area is 201 Å². The van der Waals surface area contributed by atoms with Crippen molar-refractivity contribution in [3.63, 3.8) is 0 Å². The summed E-state index contributed by atoms with van der Waals surface area (Å²) in [6.07, 6.45) is 1.60. The molecule has 5 aromatic rings. The SMILES string of the molecule is C=C1NC(=O)c2c1c1c3ccccc3n3c1c1c2c2ccccc2n1C1CC3[C@@](C)(C(=O)NC)C1. The Balaban J connectivity index is 1.73. The van der Waals surface area contributed by atoms with Crippen LogP contribution >= 0.6 is 0 Å². The molecule has 3 aliphatic rings. The van der Waals surface area contributed by atoms with E-state index in [9.17, 15) is 9.59 Å². The molecule has 2 aliphatic heterocycles. The van der Waals surface area contributed by atoms with Gasteiger partial charge in [0.05, 0.1) is 28.1 Å². The number of aromatic nitrogens is 2. The summed E-state index contributed by atoms with van der Waals surface area (Å²) in [5, 5.41) is 10.2. The Morgan fingerprint density at radius 3 is 2.29 bits per heavy atom. The van der Waals surface area contributed by atoms with Gasteiger partial charge in [-0.2, -0.15) is 0 Å². The first-order valence-corrected chi connectivity index (χ1v) is 12.2. The summed E-state index contributed by atoms with van der Waals surface area (Å²) in [5.74, 6) is -0.00857. The monoisotopic (exact) mass is 460 g/mol. The molecule has 0 radical (unpaired) electrons. The van der Waals surface area contributed by atoms with Gasteiger partial charge in [0, 0.05) is 56.9 Å². The van der Waals surface area contributed by atoms with Crippen LogP contribution in [0.3, 0.4) is 0 Å². The van der Waals surface area contributed by atoms with E-state index in [1.165, 1.54) is 0 Å². The highest BCUT2D eigenvalue weighted by Gasteiger charge is 2.53. The first-order chi connectivity index (χ1) is 17.0. The topological polar surface area (TPSA) is 68.1 Å². The fourth-order valence-corrected chi connectivity index (χ4v) is 7.59. The third-order valence-electron chi connectivity index (χ3n) is 8.90. The molecular weight excluding hydrogens is 436 g/mol. The maximum Gasteiger partial charge on any atom is 0.257 e. The van der Waals surface area contributed by atoms with Crippen molar-refractivity contribution in [2.24, 2.45) is 5.41 Å². The summed E-state index contributed by atoms with van der Waals surface area (Å²) < 4.78 is 4.85. The molecule has 0 saturated heterocycles. The fraction of sp³-hybridized carbons (Fsp3) is 0.241. The van der Waals surface area contributed by atoms with Gasteiger partial charge in [-0.1, -0.05) is 43.0 Å². The average molecular weight is 461 g/mol. The van der Waals surface area contributed by atoms with Crippen molar-refractivity contribution in [2.45, 2.75) is 31.8 Å².